The van der Waals surface area contributed by atoms with E-state index in [-0.39, 0.29) is 24.0 Å². The van der Waals surface area contributed by atoms with Gasteiger partial charge in [-0.1, -0.05) is 29.8 Å². The van der Waals surface area contributed by atoms with Crippen molar-refractivity contribution in [1.82, 2.24) is 19.6 Å². The first kappa shape index (κ1) is 25.6. The standard InChI is InChI=1S/C27H30ClFN4O4/c1-30-13-15-32(16-14-30)26(36)23-18-37-27(33(23)24(34)19-5-4-6-20(29)17-19)9-11-31(12-10-27)25(35)21-7-2-3-8-22(21)28/h2-8,17,23H,9-16,18H2,1H3/t23-/m0/s1. The minimum Gasteiger partial charge on any atom is -0.353 e. The number of hydrogen-bond acceptors (Lipinski definition) is 5. The summed E-state index contributed by atoms with van der Waals surface area (Å²) in [7, 11) is 2.01. The van der Waals surface area contributed by atoms with E-state index in [1.54, 1.807) is 40.1 Å². The Kier molecular flexibility index (Phi) is 7.20. The number of halogens is 2. The van der Waals surface area contributed by atoms with Crippen molar-refractivity contribution < 1.29 is 23.5 Å². The third-order valence-corrected chi connectivity index (χ3v) is 7.92. The molecule has 10 heteroatoms. The van der Waals surface area contributed by atoms with Crippen LogP contribution >= 0.6 is 11.6 Å². The lowest BCUT2D eigenvalue weighted by Crippen LogP contribution is -2.61. The van der Waals surface area contributed by atoms with E-state index >= 15 is 0 Å². The molecule has 0 radical (unpaired) electrons. The van der Waals surface area contributed by atoms with Crippen molar-refractivity contribution in [3.05, 3.63) is 70.5 Å². The fourth-order valence-electron chi connectivity index (χ4n) is 5.42. The molecule has 3 saturated heterocycles. The number of nitrogens with zero attached hydrogens (tertiary/aromatic N) is 4. The molecule has 8 nitrogen and oxygen atoms in total. The van der Waals surface area contributed by atoms with Gasteiger partial charge in [0.1, 0.15) is 17.6 Å². The van der Waals surface area contributed by atoms with Gasteiger partial charge in [0, 0.05) is 57.7 Å². The Morgan fingerprint density at radius 1 is 0.919 bits per heavy atom. The van der Waals surface area contributed by atoms with Crippen molar-refractivity contribution in [3.63, 3.8) is 0 Å². The first-order valence-corrected chi connectivity index (χ1v) is 12.9. The van der Waals surface area contributed by atoms with Gasteiger partial charge in [0.2, 0.25) is 5.91 Å². The molecule has 2 aromatic rings. The van der Waals surface area contributed by atoms with Crippen LogP contribution in [0.5, 0.6) is 0 Å². The van der Waals surface area contributed by atoms with Crippen LogP contribution in [-0.2, 0) is 9.53 Å². The Hall–Kier alpha value is -3.01. The highest BCUT2D eigenvalue weighted by Crippen LogP contribution is 2.39. The molecule has 1 spiro atoms. The lowest BCUT2D eigenvalue weighted by molar-refractivity contribution is -0.139. The molecule has 0 bridgehead atoms. The van der Waals surface area contributed by atoms with Crippen molar-refractivity contribution >= 4 is 29.3 Å². The highest BCUT2D eigenvalue weighted by molar-refractivity contribution is 6.33. The highest BCUT2D eigenvalue weighted by atomic mass is 35.5. The third-order valence-electron chi connectivity index (χ3n) is 7.59. The molecule has 5 rings (SSSR count). The first-order valence-electron chi connectivity index (χ1n) is 12.5. The van der Waals surface area contributed by atoms with E-state index in [1.807, 2.05) is 7.05 Å². The molecule has 0 unspecified atom stereocenters. The average molecular weight is 529 g/mol. The van der Waals surface area contributed by atoms with Crippen molar-refractivity contribution in [2.24, 2.45) is 0 Å². The van der Waals surface area contributed by atoms with Gasteiger partial charge in [-0.05, 0) is 37.4 Å². The molecule has 3 heterocycles. The number of carbonyl (C=O) groups is 3. The summed E-state index contributed by atoms with van der Waals surface area (Å²) in [5.41, 5.74) is -0.480. The predicted molar refractivity (Wildman–Crippen MR) is 136 cm³/mol. The molecule has 2 aromatic carbocycles. The van der Waals surface area contributed by atoms with Crippen LogP contribution in [-0.4, -0.2) is 102 Å². The molecule has 3 amide bonds. The minimum atomic E-state index is -1.06. The van der Waals surface area contributed by atoms with E-state index in [1.165, 1.54) is 23.1 Å². The number of piperazine rings is 1. The summed E-state index contributed by atoms with van der Waals surface area (Å²) < 4.78 is 20.3. The smallest absolute Gasteiger partial charge is 0.256 e. The maximum atomic E-state index is 14.0. The van der Waals surface area contributed by atoms with Gasteiger partial charge >= 0.3 is 0 Å². The molecular formula is C27H30ClFN4O4. The van der Waals surface area contributed by atoms with E-state index in [4.69, 9.17) is 16.3 Å². The Bertz CT molecular complexity index is 1190. The van der Waals surface area contributed by atoms with E-state index in [0.717, 1.165) is 13.1 Å². The monoisotopic (exact) mass is 528 g/mol. The molecule has 196 valence electrons. The fraction of sp³-hybridized carbons (Fsp3) is 0.444. The summed E-state index contributed by atoms with van der Waals surface area (Å²) in [6.07, 6.45) is 0.660. The molecule has 0 saturated carbocycles. The largest absolute Gasteiger partial charge is 0.353 e. The zero-order chi connectivity index (χ0) is 26.2. The first-order chi connectivity index (χ1) is 17.8. The van der Waals surface area contributed by atoms with E-state index in [0.29, 0.717) is 49.6 Å². The zero-order valence-corrected chi connectivity index (χ0v) is 21.5. The predicted octanol–water partition coefficient (Wildman–Crippen LogP) is 2.73. The van der Waals surface area contributed by atoms with Gasteiger partial charge in [-0.2, -0.15) is 0 Å². The number of amides is 3. The Morgan fingerprint density at radius 2 is 1.62 bits per heavy atom. The summed E-state index contributed by atoms with van der Waals surface area (Å²) in [5, 5.41) is 0.380. The second-order valence-electron chi connectivity index (χ2n) is 9.86. The van der Waals surface area contributed by atoms with Crippen LogP contribution in [0.1, 0.15) is 33.6 Å². The zero-order valence-electron chi connectivity index (χ0n) is 20.7. The second-order valence-corrected chi connectivity index (χ2v) is 10.3. The molecule has 0 aliphatic carbocycles. The highest BCUT2D eigenvalue weighted by Gasteiger charge is 2.55. The van der Waals surface area contributed by atoms with Gasteiger partial charge in [0.25, 0.3) is 11.8 Å². The molecule has 0 N–H and O–H groups in total. The summed E-state index contributed by atoms with van der Waals surface area (Å²) >= 11 is 6.24. The van der Waals surface area contributed by atoms with Gasteiger partial charge in [0.05, 0.1) is 17.2 Å². The van der Waals surface area contributed by atoms with Crippen LogP contribution < -0.4 is 0 Å². The molecule has 37 heavy (non-hydrogen) atoms. The van der Waals surface area contributed by atoms with Gasteiger partial charge in [-0.25, -0.2) is 4.39 Å². The molecule has 3 aliphatic rings. The number of benzene rings is 2. The van der Waals surface area contributed by atoms with Crippen molar-refractivity contribution in [2.45, 2.75) is 24.6 Å². The normalized spacial score (nSPS) is 21.9. The van der Waals surface area contributed by atoms with Crippen molar-refractivity contribution in [2.75, 3.05) is 52.9 Å². The lowest BCUT2D eigenvalue weighted by atomic mass is 9.96. The van der Waals surface area contributed by atoms with E-state index < -0.39 is 23.5 Å². The number of piperidine rings is 1. The number of hydrogen-bond donors (Lipinski definition) is 0. The topological polar surface area (TPSA) is 73.4 Å². The Balaban J connectivity index is 1.40. The van der Waals surface area contributed by atoms with Crippen LogP contribution in [0.2, 0.25) is 5.02 Å². The summed E-state index contributed by atoms with van der Waals surface area (Å²) in [4.78, 5) is 47.7. The summed E-state index contributed by atoms with van der Waals surface area (Å²) in [6.45, 7) is 3.36. The average Bonchev–Trinajstić information content (AvgIpc) is 3.27. The van der Waals surface area contributed by atoms with Crippen LogP contribution in [0.4, 0.5) is 4.39 Å². The van der Waals surface area contributed by atoms with Gasteiger partial charge in [-0.15, -0.1) is 0 Å². The maximum absolute atomic E-state index is 14.0. The van der Waals surface area contributed by atoms with Crippen molar-refractivity contribution in [3.8, 4) is 0 Å². The number of likely N-dealkylation sites (N-methyl/N-ethyl adjacent to an activating group) is 1. The molecular weight excluding hydrogens is 499 g/mol. The minimum absolute atomic E-state index is 0.0602. The van der Waals surface area contributed by atoms with E-state index in [2.05, 4.69) is 4.90 Å². The summed E-state index contributed by atoms with van der Waals surface area (Å²) in [5.74, 6) is -1.33. The quantitative estimate of drug-likeness (QED) is 0.612. The number of likely N-dealkylation sites (tertiary alicyclic amines) is 1. The van der Waals surface area contributed by atoms with Gasteiger partial charge < -0.3 is 19.4 Å². The Morgan fingerprint density at radius 3 is 2.30 bits per heavy atom. The second kappa shape index (κ2) is 10.4. The number of rotatable bonds is 3. The SMILES string of the molecule is CN1CCN(C(=O)[C@@H]2COC3(CCN(C(=O)c4ccccc4Cl)CC3)N2C(=O)c2cccc(F)c2)CC1. The third kappa shape index (κ3) is 4.95. The molecule has 3 fully saturated rings. The Labute approximate surface area is 220 Å². The van der Waals surface area contributed by atoms with Crippen LogP contribution in [0, 0.1) is 5.82 Å². The van der Waals surface area contributed by atoms with Crippen LogP contribution in [0.3, 0.4) is 0 Å². The van der Waals surface area contributed by atoms with E-state index in [9.17, 15) is 18.8 Å². The fourth-order valence-corrected chi connectivity index (χ4v) is 5.63. The molecule has 3 aliphatic heterocycles. The number of ether oxygens (including phenoxy) is 1. The maximum Gasteiger partial charge on any atom is 0.256 e. The van der Waals surface area contributed by atoms with Crippen LogP contribution in [0.15, 0.2) is 48.5 Å². The summed E-state index contributed by atoms with van der Waals surface area (Å²) in [6, 6.07) is 11.6. The van der Waals surface area contributed by atoms with Gasteiger partial charge in [0.15, 0.2) is 0 Å². The van der Waals surface area contributed by atoms with Gasteiger partial charge in [-0.3, -0.25) is 19.3 Å². The van der Waals surface area contributed by atoms with Crippen molar-refractivity contribution in [1.29, 1.82) is 0 Å². The molecule has 1 atom stereocenters. The lowest BCUT2D eigenvalue weighted by Gasteiger charge is -2.45. The molecule has 0 aromatic heterocycles. The number of carbonyl (C=O) groups excluding carboxylic acids is 3. The van der Waals surface area contributed by atoms with Crippen LogP contribution in [0.25, 0.3) is 0 Å².